The van der Waals surface area contributed by atoms with Crippen molar-refractivity contribution >= 4 is 0 Å². The molecule has 0 amide bonds. The van der Waals surface area contributed by atoms with E-state index in [0.29, 0.717) is 26.2 Å². The number of nitrogens with one attached hydrogen (secondary N) is 1. The van der Waals surface area contributed by atoms with Gasteiger partial charge in [-0.3, -0.25) is 0 Å². The van der Waals surface area contributed by atoms with E-state index in [1.165, 1.54) is 0 Å². The topological polar surface area (TPSA) is 21.3 Å². The molecular formula is C10H20F3NO. The summed E-state index contributed by atoms with van der Waals surface area (Å²) in [5.41, 5.74) is 0. The van der Waals surface area contributed by atoms with E-state index in [4.69, 9.17) is 4.74 Å². The Morgan fingerprint density at radius 1 is 1.33 bits per heavy atom. The quantitative estimate of drug-likeness (QED) is 0.644. The van der Waals surface area contributed by atoms with Crippen LogP contribution in [0, 0.1) is 0 Å². The van der Waals surface area contributed by atoms with Gasteiger partial charge in [-0.2, -0.15) is 13.2 Å². The van der Waals surface area contributed by atoms with Crippen LogP contribution in [0.5, 0.6) is 0 Å². The predicted octanol–water partition coefficient (Wildman–Crippen LogP) is 2.73. The maximum Gasteiger partial charge on any atom is 0.389 e. The third-order valence-corrected chi connectivity index (χ3v) is 2.04. The van der Waals surface area contributed by atoms with Gasteiger partial charge in [-0.1, -0.05) is 0 Å². The van der Waals surface area contributed by atoms with Crippen LogP contribution in [0.4, 0.5) is 13.2 Å². The van der Waals surface area contributed by atoms with E-state index >= 15 is 0 Å². The van der Waals surface area contributed by atoms with Crippen molar-refractivity contribution in [2.45, 2.75) is 45.3 Å². The molecule has 0 saturated carbocycles. The van der Waals surface area contributed by atoms with E-state index in [2.05, 4.69) is 5.32 Å². The van der Waals surface area contributed by atoms with Gasteiger partial charge in [0.25, 0.3) is 0 Å². The van der Waals surface area contributed by atoms with E-state index in [0.717, 1.165) is 0 Å². The minimum atomic E-state index is -4.02. The molecule has 1 N–H and O–H groups in total. The predicted molar refractivity (Wildman–Crippen MR) is 53.9 cm³/mol. The summed E-state index contributed by atoms with van der Waals surface area (Å²) in [7, 11) is 0. The van der Waals surface area contributed by atoms with Crippen molar-refractivity contribution in [3.05, 3.63) is 0 Å². The summed E-state index contributed by atoms with van der Waals surface area (Å²) in [4.78, 5) is 0. The number of halogens is 3. The number of ether oxygens (including phenoxy) is 1. The molecule has 0 bridgehead atoms. The van der Waals surface area contributed by atoms with Gasteiger partial charge in [0.15, 0.2) is 0 Å². The molecule has 1 atom stereocenters. The van der Waals surface area contributed by atoms with Gasteiger partial charge in [0, 0.05) is 25.6 Å². The fourth-order valence-corrected chi connectivity index (χ4v) is 1.23. The van der Waals surface area contributed by atoms with Crippen LogP contribution >= 0.6 is 0 Å². The van der Waals surface area contributed by atoms with E-state index in [1.54, 1.807) is 0 Å². The monoisotopic (exact) mass is 227 g/mol. The molecule has 0 aromatic carbocycles. The summed E-state index contributed by atoms with van der Waals surface area (Å²) in [5, 5.41) is 3.11. The Bertz CT molecular complexity index is 150. The van der Waals surface area contributed by atoms with E-state index in [-0.39, 0.29) is 12.5 Å². The lowest BCUT2D eigenvalue weighted by Crippen LogP contribution is -2.29. The van der Waals surface area contributed by atoms with Gasteiger partial charge in [0.2, 0.25) is 0 Å². The standard InChI is InChI=1S/C10H20F3NO/c1-3-15-8-7-14-9(2)5-4-6-10(11,12)13/h9,14H,3-8H2,1-2H3. The smallest absolute Gasteiger partial charge is 0.380 e. The van der Waals surface area contributed by atoms with E-state index in [1.807, 2.05) is 13.8 Å². The van der Waals surface area contributed by atoms with Crippen molar-refractivity contribution in [2.75, 3.05) is 19.8 Å². The highest BCUT2D eigenvalue weighted by molar-refractivity contribution is 4.62. The third kappa shape index (κ3) is 11.6. The van der Waals surface area contributed by atoms with Crippen LogP contribution in [0.15, 0.2) is 0 Å². The van der Waals surface area contributed by atoms with Gasteiger partial charge in [0.1, 0.15) is 0 Å². The average molecular weight is 227 g/mol. The Labute approximate surface area is 89.2 Å². The van der Waals surface area contributed by atoms with Crippen molar-refractivity contribution in [1.82, 2.24) is 5.32 Å². The molecule has 5 heteroatoms. The van der Waals surface area contributed by atoms with Crippen LogP contribution in [0.2, 0.25) is 0 Å². The molecule has 0 aromatic rings. The molecule has 0 aromatic heterocycles. The molecule has 0 spiro atoms. The molecule has 0 aliphatic rings. The number of hydrogen-bond acceptors (Lipinski definition) is 2. The molecule has 0 radical (unpaired) electrons. The van der Waals surface area contributed by atoms with Gasteiger partial charge < -0.3 is 10.1 Å². The van der Waals surface area contributed by atoms with Gasteiger partial charge in [-0.15, -0.1) is 0 Å². The normalized spacial score (nSPS) is 14.2. The Morgan fingerprint density at radius 3 is 2.53 bits per heavy atom. The Balaban J connectivity index is 3.29. The van der Waals surface area contributed by atoms with Crippen molar-refractivity contribution < 1.29 is 17.9 Å². The van der Waals surface area contributed by atoms with Crippen LogP contribution in [0.1, 0.15) is 33.1 Å². The van der Waals surface area contributed by atoms with Gasteiger partial charge in [-0.25, -0.2) is 0 Å². The van der Waals surface area contributed by atoms with E-state index in [9.17, 15) is 13.2 Å². The van der Waals surface area contributed by atoms with Gasteiger partial charge >= 0.3 is 6.18 Å². The van der Waals surface area contributed by atoms with Crippen molar-refractivity contribution in [2.24, 2.45) is 0 Å². The molecule has 1 unspecified atom stereocenters. The van der Waals surface area contributed by atoms with Crippen LogP contribution in [-0.2, 0) is 4.74 Å². The highest BCUT2D eigenvalue weighted by Crippen LogP contribution is 2.22. The first kappa shape index (κ1) is 14.7. The first-order chi connectivity index (χ1) is 6.95. The van der Waals surface area contributed by atoms with Crippen molar-refractivity contribution in [1.29, 1.82) is 0 Å². The van der Waals surface area contributed by atoms with Crippen molar-refractivity contribution in [3.63, 3.8) is 0 Å². The maximum atomic E-state index is 11.8. The van der Waals surface area contributed by atoms with Crippen molar-refractivity contribution in [3.8, 4) is 0 Å². The molecule has 92 valence electrons. The highest BCUT2D eigenvalue weighted by Gasteiger charge is 2.26. The molecule has 0 heterocycles. The number of hydrogen-bond donors (Lipinski definition) is 1. The minimum Gasteiger partial charge on any atom is -0.380 e. The summed E-state index contributed by atoms with van der Waals surface area (Å²) in [5.74, 6) is 0. The molecule has 2 nitrogen and oxygen atoms in total. The van der Waals surface area contributed by atoms with Crippen LogP contribution in [-0.4, -0.2) is 32.0 Å². The molecule has 0 fully saturated rings. The highest BCUT2D eigenvalue weighted by atomic mass is 19.4. The Hall–Kier alpha value is -0.290. The fraction of sp³-hybridized carbons (Fsp3) is 1.00. The minimum absolute atomic E-state index is 0.118. The lowest BCUT2D eigenvalue weighted by Gasteiger charge is -2.14. The van der Waals surface area contributed by atoms with Crippen LogP contribution < -0.4 is 5.32 Å². The Morgan fingerprint density at radius 2 is 2.00 bits per heavy atom. The lowest BCUT2D eigenvalue weighted by atomic mass is 10.1. The molecule has 15 heavy (non-hydrogen) atoms. The number of alkyl halides is 3. The van der Waals surface area contributed by atoms with Crippen LogP contribution in [0.25, 0.3) is 0 Å². The number of rotatable bonds is 8. The molecule has 0 rings (SSSR count). The molecule has 0 aliphatic carbocycles. The maximum absolute atomic E-state index is 11.8. The molecule has 0 saturated heterocycles. The lowest BCUT2D eigenvalue weighted by molar-refractivity contribution is -0.135. The second-order valence-corrected chi connectivity index (χ2v) is 3.56. The van der Waals surface area contributed by atoms with Gasteiger partial charge in [-0.05, 0) is 26.7 Å². The second kappa shape index (κ2) is 7.93. The molecular weight excluding hydrogens is 207 g/mol. The van der Waals surface area contributed by atoms with E-state index < -0.39 is 12.6 Å². The fourth-order valence-electron chi connectivity index (χ4n) is 1.23. The zero-order valence-electron chi connectivity index (χ0n) is 9.36. The first-order valence-corrected chi connectivity index (χ1v) is 5.33. The zero-order chi connectivity index (χ0) is 11.7. The molecule has 0 aliphatic heterocycles. The first-order valence-electron chi connectivity index (χ1n) is 5.33. The van der Waals surface area contributed by atoms with Gasteiger partial charge in [0.05, 0.1) is 6.61 Å². The van der Waals surface area contributed by atoms with Crippen LogP contribution in [0.3, 0.4) is 0 Å². The SMILES string of the molecule is CCOCCNC(C)CCCC(F)(F)F. The second-order valence-electron chi connectivity index (χ2n) is 3.56. The summed E-state index contributed by atoms with van der Waals surface area (Å²) < 4.78 is 40.6. The average Bonchev–Trinajstić information content (AvgIpc) is 2.10. The summed E-state index contributed by atoms with van der Waals surface area (Å²) in [6, 6.07) is 0.118. The summed E-state index contributed by atoms with van der Waals surface area (Å²) >= 11 is 0. The third-order valence-electron chi connectivity index (χ3n) is 2.04. The largest absolute Gasteiger partial charge is 0.389 e. The summed E-state index contributed by atoms with van der Waals surface area (Å²) in [6.07, 6.45) is -3.98. The summed E-state index contributed by atoms with van der Waals surface area (Å²) in [6.45, 7) is 5.78. The zero-order valence-corrected chi connectivity index (χ0v) is 9.36. The Kier molecular flexibility index (Phi) is 7.78.